The molecule has 0 amide bonds. The lowest BCUT2D eigenvalue weighted by atomic mass is 9.31. The van der Waals surface area contributed by atoms with Gasteiger partial charge in [-0.1, -0.05) is 65.3 Å². The number of ether oxygens (including phenoxy) is 6. The average Bonchev–Trinajstić information content (AvgIpc) is 3.29. The SMILES string of the molecule is C/C=C(/C)C(=O)O[C@H]1[C@H](OC(=O)/C(C)=C\C)[C@]2(CO)[C@H](O)C[C@]3(C)C(=CC[C@@H]4[C@@]5(C)CC[C@H](O[C@@H]6O[C@H](C(=O)O)[C@@H](O)[C@H](O[C@@H]7OC[C@H](O)[C@H](O)[C@H]7O)[C@H]6O)C[C@@H]5[C@@](C)(C=O)C[C@]43C)[C@@H]2CC1(C)C. The van der Waals surface area contributed by atoms with Crippen molar-refractivity contribution < 1.29 is 88.5 Å². The first-order valence-electron chi connectivity index (χ1n) is 24.5. The van der Waals surface area contributed by atoms with E-state index in [9.17, 15) is 60.0 Å². The molecule has 7 aliphatic rings. The van der Waals surface area contributed by atoms with Crippen LogP contribution in [0.1, 0.15) is 114 Å². The molecule has 8 N–H and O–H groups in total. The quantitative estimate of drug-likeness (QED) is 0.0486. The first-order chi connectivity index (χ1) is 32.2. The van der Waals surface area contributed by atoms with Crippen molar-refractivity contribution in [3.8, 4) is 0 Å². The first-order valence-corrected chi connectivity index (χ1v) is 24.5. The molecule has 18 nitrogen and oxygen atoms in total. The van der Waals surface area contributed by atoms with Crippen LogP contribution in [-0.2, 0) is 47.6 Å². The van der Waals surface area contributed by atoms with Crippen molar-refractivity contribution in [1.82, 2.24) is 0 Å². The van der Waals surface area contributed by atoms with Crippen molar-refractivity contribution >= 4 is 24.2 Å². The van der Waals surface area contributed by atoms with E-state index in [1.54, 1.807) is 39.8 Å². The molecule has 0 radical (unpaired) electrons. The molecule has 0 bridgehead atoms. The molecule has 69 heavy (non-hydrogen) atoms. The van der Waals surface area contributed by atoms with E-state index in [-0.39, 0.29) is 18.3 Å². The standard InChI is InChI=1S/C51H76O18/c1-11-24(3)42(62)68-39-40(69-43(63)25(4)12-2)51(23-53)28(18-46(39,5)6)27-13-14-30-48(8)16-15-26(17-31(48)47(7,22-52)21-50(30,10)49(27,9)19-32(51)55)65-45-36(59)37(35(58)38(67-45)41(60)61)66-44-34(57)33(56)29(54)20-64-44/h11-13,22,26,28-40,44-45,53-59H,14-21,23H2,1-10H3,(H,60,61)/b24-11-,25-12-/t26-,28-,29-,30+,31+,32+,33-,34+,35-,36+,37-,38-,39-,40-,44-,45+,47+,48+,49+,50+,51-/m0/s1. The maximum absolute atomic E-state index is 13.8. The number of rotatable bonds is 11. The van der Waals surface area contributed by atoms with Crippen molar-refractivity contribution in [2.75, 3.05) is 13.2 Å². The predicted octanol–water partition coefficient (Wildman–Crippen LogP) is 2.65. The molecule has 0 aromatic heterocycles. The van der Waals surface area contributed by atoms with Gasteiger partial charge in [0, 0.05) is 22.0 Å². The van der Waals surface area contributed by atoms with Crippen LogP contribution >= 0.6 is 0 Å². The van der Waals surface area contributed by atoms with E-state index in [0.717, 1.165) is 11.9 Å². The Hall–Kier alpha value is -3.14. The van der Waals surface area contributed by atoms with E-state index in [2.05, 4.69) is 26.8 Å². The number of carbonyl (C=O) groups is 4. The summed E-state index contributed by atoms with van der Waals surface area (Å²) in [5.41, 5.74) is -3.45. The maximum atomic E-state index is 13.8. The van der Waals surface area contributed by atoms with E-state index < -0.39 is 149 Å². The number of allylic oxidation sites excluding steroid dienone is 4. The van der Waals surface area contributed by atoms with Crippen LogP contribution < -0.4 is 0 Å². The number of esters is 2. The molecule has 2 heterocycles. The third-order valence-electron chi connectivity index (χ3n) is 18.8. The highest BCUT2D eigenvalue weighted by Gasteiger charge is 2.75. The van der Waals surface area contributed by atoms with E-state index in [1.807, 2.05) is 20.8 Å². The first kappa shape index (κ1) is 53.7. The Morgan fingerprint density at radius 2 is 1.43 bits per heavy atom. The van der Waals surface area contributed by atoms with Crippen LogP contribution in [0.25, 0.3) is 0 Å². The third kappa shape index (κ3) is 8.48. The molecule has 0 unspecified atom stereocenters. The van der Waals surface area contributed by atoms with E-state index in [4.69, 9.17) is 28.4 Å². The second kappa shape index (κ2) is 19.0. The number of fused-ring (bicyclic) bond motifs is 7. The predicted molar refractivity (Wildman–Crippen MR) is 243 cm³/mol. The van der Waals surface area contributed by atoms with Crippen LogP contribution in [0.3, 0.4) is 0 Å². The summed E-state index contributed by atoms with van der Waals surface area (Å²) in [4.78, 5) is 53.4. The minimum Gasteiger partial charge on any atom is -0.479 e. The van der Waals surface area contributed by atoms with Gasteiger partial charge in [-0.25, -0.2) is 14.4 Å². The third-order valence-corrected chi connectivity index (χ3v) is 18.8. The zero-order valence-corrected chi connectivity index (χ0v) is 41.6. The summed E-state index contributed by atoms with van der Waals surface area (Å²) in [6.45, 7) is 18.0. The molecule has 2 saturated heterocycles. The molecular weight excluding hydrogens is 901 g/mol. The lowest BCUT2D eigenvalue weighted by Gasteiger charge is -2.73. The van der Waals surface area contributed by atoms with Crippen LogP contribution in [0, 0.1) is 50.2 Å². The number of hydrogen-bond donors (Lipinski definition) is 8. The molecule has 6 fully saturated rings. The molecule has 0 spiro atoms. The number of aliphatic carboxylic acids is 1. The smallest absolute Gasteiger partial charge is 0.335 e. The van der Waals surface area contributed by atoms with Gasteiger partial charge in [-0.2, -0.15) is 0 Å². The Morgan fingerprint density at radius 1 is 0.812 bits per heavy atom. The van der Waals surface area contributed by atoms with Crippen LogP contribution in [0.15, 0.2) is 34.9 Å². The minimum atomic E-state index is -1.96. The highest BCUT2D eigenvalue weighted by Crippen LogP contribution is 2.77. The molecule has 4 saturated carbocycles. The van der Waals surface area contributed by atoms with Crippen molar-refractivity contribution in [2.45, 2.75) is 194 Å². The highest BCUT2D eigenvalue weighted by atomic mass is 16.7. The number of aldehydes is 1. The normalized spacial score (nSPS) is 48.6. The number of carboxylic acids is 1. The van der Waals surface area contributed by atoms with E-state index in [0.29, 0.717) is 49.7 Å². The summed E-state index contributed by atoms with van der Waals surface area (Å²) in [5, 5.41) is 87.9. The van der Waals surface area contributed by atoms with E-state index in [1.165, 1.54) is 0 Å². The highest BCUT2D eigenvalue weighted by molar-refractivity contribution is 5.89. The van der Waals surface area contributed by atoms with Crippen molar-refractivity contribution in [3.63, 3.8) is 0 Å². The van der Waals surface area contributed by atoms with Crippen LogP contribution in [0.5, 0.6) is 0 Å². The van der Waals surface area contributed by atoms with Gasteiger partial charge in [-0.3, -0.25) is 0 Å². The van der Waals surface area contributed by atoms with Crippen molar-refractivity contribution in [2.24, 2.45) is 50.2 Å². The maximum Gasteiger partial charge on any atom is 0.335 e. The largest absolute Gasteiger partial charge is 0.479 e. The number of carbonyl (C=O) groups excluding carboxylic acids is 3. The minimum absolute atomic E-state index is 0.0387. The zero-order chi connectivity index (χ0) is 51.1. The molecule has 2 aliphatic heterocycles. The van der Waals surface area contributed by atoms with Crippen molar-refractivity contribution in [3.05, 3.63) is 34.9 Å². The number of aliphatic hydroxyl groups excluding tert-OH is 7. The lowest BCUT2D eigenvalue weighted by molar-refractivity contribution is -0.351. The second-order valence-corrected chi connectivity index (χ2v) is 23.0. The van der Waals surface area contributed by atoms with Gasteiger partial charge in [0.15, 0.2) is 24.8 Å². The van der Waals surface area contributed by atoms with Gasteiger partial charge >= 0.3 is 17.9 Å². The Labute approximate surface area is 404 Å². The molecule has 0 aromatic rings. The van der Waals surface area contributed by atoms with Gasteiger partial charge in [-0.15, -0.1) is 0 Å². The summed E-state index contributed by atoms with van der Waals surface area (Å²) < 4.78 is 35.7. The van der Waals surface area contributed by atoms with Crippen LogP contribution in [-0.4, -0.2) is 158 Å². The fourth-order valence-corrected chi connectivity index (χ4v) is 14.6. The zero-order valence-electron chi connectivity index (χ0n) is 41.6. The van der Waals surface area contributed by atoms with Crippen molar-refractivity contribution in [1.29, 1.82) is 0 Å². The van der Waals surface area contributed by atoms with Gasteiger partial charge in [-0.05, 0) is 107 Å². The average molecular weight is 977 g/mol. The molecular formula is C51H76O18. The lowest BCUT2D eigenvalue weighted by Crippen LogP contribution is -2.73. The summed E-state index contributed by atoms with van der Waals surface area (Å²) >= 11 is 0. The number of carboxylic acid groups (broad SMARTS) is 1. The Bertz CT molecular complexity index is 2090. The summed E-state index contributed by atoms with van der Waals surface area (Å²) in [5.74, 6) is -3.68. The van der Waals surface area contributed by atoms with Gasteiger partial charge < -0.3 is 74.1 Å². The van der Waals surface area contributed by atoms with Crippen LogP contribution in [0.2, 0.25) is 0 Å². The Morgan fingerprint density at radius 3 is 2.01 bits per heavy atom. The van der Waals surface area contributed by atoms with Gasteiger partial charge in [0.2, 0.25) is 0 Å². The summed E-state index contributed by atoms with van der Waals surface area (Å²) in [7, 11) is 0. The van der Waals surface area contributed by atoms with E-state index >= 15 is 0 Å². The topological polar surface area (TPSA) is 285 Å². The number of aliphatic hydroxyl groups is 7. The Balaban J connectivity index is 1.20. The monoisotopic (exact) mass is 977 g/mol. The summed E-state index contributed by atoms with van der Waals surface area (Å²) in [6.07, 6.45) is -10.5. The second-order valence-electron chi connectivity index (χ2n) is 23.0. The van der Waals surface area contributed by atoms with Gasteiger partial charge in [0.1, 0.15) is 49.0 Å². The van der Waals surface area contributed by atoms with Crippen LogP contribution in [0.4, 0.5) is 0 Å². The fourth-order valence-electron chi connectivity index (χ4n) is 14.6. The molecule has 7 rings (SSSR count). The number of hydrogen-bond acceptors (Lipinski definition) is 17. The fraction of sp³-hybridized carbons (Fsp3) is 0.804. The molecule has 5 aliphatic carbocycles. The molecule has 0 aromatic carbocycles. The molecule has 388 valence electrons. The van der Waals surface area contributed by atoms with Gasteiger partial charge in [0.25, 0.3) is 0 Å². The summed E-state index contributed by atoms with van der Waals surface area (Å²) in [6, 6.07) is 0. The van der Waals surface area contributed by atoms with Gasteiger partial charge in [0.05, 0.1) is 30.8 Å². The molecule has 21 atom stereocenters. The molecule has 18 heteroatoms. The Kier molecular flexibility index (Phi) is 14.8.